The summed E-state index contributed by atoms with van der Waals surface area (Å²) in [6.07, 6.45) is 2.64. The van der Waals surface area contributed by atoms with Crippen molar-refractivity contribution in [3.05, 3.63) is 71.2 Å². The minimum Gasteiger partial charge on any atom is -0.490 e. The Bertz CT molecular complexity index is 1840. The number of furan rings is 1. The Hall–Kier alpha value is -5.40. The van der Waals surface area contributed by atoms with Gasteiger partial charge in [0.1, 0.15) is 17.8 Å². The van der Waals surface area contributed by atoms with Crippen LogP contribution in [0, 0.1) is 6.92 Å². The van der Waals surface area contributed by atoms with E-state index in [0.29, 0.717) is 59.9 Å². The zero-order chi connectivity index (χ0) is 34.5. The van der Waals surface area contributed by atoms with Crippen molar-refractivity contribution < 1.29 is 33.1 Å². The van der Waals surface area contributed by atoms with Crippen LogP contribution < -0.4 is 20.1 Å². The van der Waals surface area contributed by atoms with Gasteiger partial charge in [-0.2, -0.15) is 0 Å². The number of aryl methyl sites for hydroxylation is 2. The van der Waals surface area contributed by atoms with Crippen LogP contribution in [0.25, 0.3) is 11.0 Å². The predicted octanol–water partition coefficient (Wildman–Crippen LogP) is 2.62. The number of carbonyl (C=O) groups is 4. The Morgan fingerprint density at radius 1 is 1.02 bits per heavy atom. The van der Waals surface area contributed by atoms with Crippen LogP contribution in [0.2, 0.25) is 0 Å². The summed E-state index contributed by atoms with van der Waals surface area (Å²) in [6.45, 7) is 6.99. The topological polar surface area (TPSA) is 161 Å². The van der Waals surface area contributed by atoms with Gasteiger partial charge in [0.2, 0.25) is 23.5 Å². The molecule has 0 saturated carbocycles. The van der Waals surface area contributed by atoms with Crippen molar-refractivity contribution in [3.8, 4) is 11.5 Å². The number of amides is 4. The number of carbonyl (C=O) groups excluding carboxylic acids is 4. The van der Waals surface area contributed by atoms with Gasteiger partial charge in [-0.05, 0) is 44.9 Å². The number of ether oxygens (including phenoxy) is 2. The Morgan fingerprint density at radius 2 is 1.82 bits per heavy atom. The maximum absolute atomic E-state index is 14.3. The van der Waals surface area contributed by atoms with Crippen molar-refractivity contribution >= 4 is 34.6 Å². The van der Waals surface area contributed by atoms with Gasteiger partial charge < -0.3 is 34.3 Å². The number of fused-ring (bicyclic) bond motifs is 4. The van der Waals surface area contributed by atoms with Crippen LogP contribution in [-0.2, 0) is 33.9 Å². The molecule has 4 aromatic rings. The van der Waals surface area contributed by atoms with E-state index in [-0.39, 0.29) is 50.7 Å². The minimum atomic E-state index is -1.05. The molecule has 2 bridgehead atoms. The maximum Gasteiger partial charge on any atom is 0.290 e. The van der Waals surface area contributed by atoms with E-state index in [1.165, 1.54) is 9.80 Å². The smallest absolute Gasteiger partial charge is 0.290 e. The largest absolute Gasteiger partial charge is 0.490 e. The monoisotopic (exact) mass is 671 g/mol. The van der Waals surface area contributed by atoms with E-state index >= 15 is 0 Å². The van der Waals surface area contributed by atoms with Crippen molar-refractivity contribution in [2.24, 2.45) is 0 Å². The molecule has 0 radical (unpaired) electrons. The average molecular weight is 672 g/mol. The first-order chi connectivity index (χ1) is 23.8. The highest BCUT2D eigenvalue weighted by Gasteiger charge is 2.41. The van der Waals surface area contributed by atoms with Crippen LogP contribution in [0.3, 0.4) is 0 Å². The van der Waals surface area contributed by atoms with E-state index in [9.17, 15) is 19.2 Å². The Labute approximate surface area is 283 Å². The molecule has 14 heteroatoms. The SMILES string of the molecule is CCOc1ccc2c(C)c(C(=O)N3CCN4C(=O)[C@H](Cc5ccccc5)NC(=O)CCCn5cc(nn5)CNC(=O)[C@H]4C3)oc2c1OCC. The Morgan fingerprint density at radius 3 is 2.59 bits per heavy atom. The number of nitrogens with zero attached hydrogens (tertiary/aromatic N) is 5. The molecular formula is C35H41N7O7. The third-order valence-corrected chi connectivity index (χ3v) is 8.80. The summed E-state index contributed by atoms with van der Waals surface area (Å²) >= 11 is 0. The second-order valence-electron chi connectivity index (χ2n) is 12.1. The lowest BCUT2D eigenvalue weighted by molar-refractivity contribution is -0.146. The normalized spacial score (nSPS) is 19.0. The fourth-order valence-electron chi connectivity index (χ4n) is 6.34. The van der Waals surface area contributed by atoms with Crippen molar-refractivity contribution in [1.29, 1.82) is 0 Å². The van der Waals surface area contributed by atoms with Crippen molar-refractivity contribution in [3.63, 3.8) is 0 Å². The summed E-state index contributed by atoms with van der Waals surface area (Å²) in [5.41, 5.74) is 2.43. The zero-order valence-electron chi connectivity index (χ0n) is 27.9. The standard InChI is InChI=1S/C35H41N7O7/c1-4-47-28-14-13-25-22(3)30(49-31(25)32(28)48-5-2)35(46)40-16-17-42-27(21-40)33(44)36-19-24-20-41(39-38-24)15-9-12-29(43)37-26(34(42)45)18-23-10-7-6-8-11-23/h6-8,10-11,13-14,20,26-27H,4-5,9,12,15-19,21H2,1-3H3,(H,36,44)(H,37,43)/t26-,27+/m0/s1. The molecule has 14 nitrogen and oxygen atoms in total. The summed E-state index contributed by atoms with van der Waals surface area (Å²) < 4.78 is 19.4. The molecule has 6 rings (SSSR count). The summed E-state index contributed by atoms with van der Waals surface area (Å²) in [5, 5.41) is 14.8. The molecule has 1 fully saturated rings. The highest BCUT2D eigenvalue weighted by Crippen LogP contribution is 2.40. The molecule has 2 aliphatic heterocycles. The number of nitrogens with one attached hydrogen (secondary N) is 2. The summed E-state index contributed by atoms with van der Waals surface area (Å²) in [6, 6.07) is 11.1. The minimum absolute atomic E-state index is 0.0674. The first kappa shape index (κ1) is 33.5. The molecule has 258 valence electrons. The molecule has 4 amide bonds. The van der Waals surface area contributed by atoms with E-state index in [1.807, 2.05) is 50.2 Å². The number of benzene rings is 2. The molecule has 2 aromatic heterocycles. The van der Waals surface area contributed by atoms with E-state index in [0.717, 1.165) is 5.56 Å². The third-order valence-electron chi connectivity index (χ3n) is 8.80. The van der Waals surface area contributed by atoms with Crippen LogP contribution in [0.1, 0.15) is 54.1 Å². The lowest BCUT2D eigenvalue weighted by atomic mass is 10.0. The van der Waals surface area contributed by atoms with Crippen LogP contribution in [0.4, 0.5) is 0 Å². The van der Waals surface area contributed by atoms with Gasteiger partial charge in [-0.25, -0.2) is 0 Å². The number of hydrogen-bond donors (Lipinski definition) is 2. The molecule has 2 atom stereocenters. The molecule has 4 heterocycles. The second kappa shape index (κ2) is 14.8. The van der Waals surface area contributed by atoms with E-state index in [1.54, 1.807) is 23.9 Å². The van der Waals surface area contributed by atoms with Gasteiger partial charge in [-0.15, -0.1) is 5.10 Å². The predicted molar refractivity (Wildman–Crippen MR) is 178 cm³/mol. The average Bonchev–Trinajstić information content (AvgIpc) is 3.71. The molecule has 0 spiro atoms. The molecule has 0 unspecified atom stereocenters. The zero-order valence-corrected chi connectivity index (χ0v) is 27.9. The number of hydrogen-bond acceptors (Lipinski definition) is 9. The number of aromatic nitrogens is 3. The van der Waals surface area contributed by atoms with Crippen LogP contribution in [0.5, 0.6) is 11.5 Å². The highest BCUT2D eigenvalue weighted by molar-refractivity contribution is 6.01. The molecule has 1 saturated heterocycles. The quantitative estimate of drug-likeness (QED) is 0.301. The highest BCUT2D eigenvalue weighted by atomic mass is 16.5. The van der Waals surface area contributed by atoms with E-state index in [4.69, 9.17) is 13.9 Å². The molecule has 0 aliphatic carbocycles. The Kier molecular flexibility index (Phi) is 10.1. The molecule has 49 heavy (non-hydrogen) atoms. The first-order valence-corrected chi connectivity index (χ1v) is 16.7. The second-order valence-corrected chi connectivity index (χ2v) is 12.1. The maximum atomic E-state index is 14.3. The van der Waals surface area contributed by atoms with Crippen molar-refractivity contribution in [1.82, 2.24) is 35.4 Å². The molecular weight excluding hydrogens is 630 g/mol. The van der Waals surface area contributed by atoms with Gasteiger partial charge in [0.15, 0.2) is 17.1 Å². The lowest BCUT2D eigenvalue weighted by Crippen LogP contribution is -2.64. The van der Waals surface area contributed by atoms with Gasteiger partial charge in [0.05, 0.1) is 32.5 Å². The summed E-state index contributed by atoms with van der Waals surface area (Å²) in [4.78, 5) is 58.3. The molecule has 2 aromatic carbocycles. The van der Waals surface area contributed by atoms with Gasteiger partial charge >= 0.3 is 0 Å². The van der Waals surface area contributed by atoms with Crippen molar-refractivity contribution in [2.45, 2.75) is 65.2 Å². The lowest BCUT2D eigenvalue weighted by Gasteiger charge is -2.41. The van der Waals surface area contributed by atoms with Crippen LogP contribution >= 0.6 is 0 Å². The van der Waals surface area contributed by atoms with Crippen LogP contribution in [0.15, 0.2) is 53.1 Å². The molecule has 2 aliphatic rings. The van der Waals surface area contributed by atoms with Gasteiger partial charge in [0.25, 0.3) is 5.91 Å². The summed E-state index contributed by atoms with van der Waals surface area (Å²) in [7, 11) is 0. The van der Waals surface area contributed by atoms with Gasteiger partial charge in [-0.3, -0.25) is 23.9 Å². The summed E-state index contributed by atoms with van der Waals surface area (Å²) in [5.74, 6) is -0.493. The number of piperazine rings is 1. The van der Waals surface area contributed by atoms with Crippen LogP contribution in [-0.4, -0.2) is 93.4 Å². The van der Waals surface area contributed by atoms with Gasteiger partial charge in [0, 0.05) is 43.4 Å². The van der Waals surface area contributed by atoms with Crippen molar-refractivity contribution in [2.75, 3.05) is 32.8 Å². The molecule has 2 N–H and O–H groups in total. The Balaban J connectivity index is 1.31. The van der Waals surface area contributed by atoms with E-state index < -0.39 is 29.8 Å². The third kappa shape index (κ3) is 7.22. The fourth-order valence-corrected chi connectivity index (χ4v) is 6.34. The van der Waals surface area contributed by atoms with Gasteiger partial charge in [-0.1, -0.05) is 35.5 Å². The fraction of sp³-hybridized carbons (Fsp3) is 0.429. The first-order valence-electron chi connectivity index (χ1n) is 16.7. The van der Waals surface area contributed by atoms with E-state index in [2.05, 4.69) is 20.9 Å². The number of rotatable bonds is 7.